The van der Waals surface area contributed by atoms with Crippen molar-refractivity contribution in [1.82, 2.24) is 10.2 Å². The van der Waals surface area contributed by atoms with E-state index in [2.05, 4.69) is 54.4 Å². The minimum atomic E-state index is -0.121. The fourth-order valence-electron chi connectivity index (χ4n) is 4.08. The van der Waals surface area contributed by atoms with Crippen LogP contribution in [0.4, 0.5) is 0 Å². The fourth-order valence-corrected chi connectivity index (χ4v) is 4.08. The van der Waals surface area contributed by atoms with Crippen molar-refractivity contribution in [2.24, 2.45) is 5.92 Å². The predicted molar refractivity (Wildman–Crippen MR) is 101 cm³/mol. The van der Waals surface area contributed by atoms with Crippen LogP contribution in [0.2, 0.25) is 0 Å². The quantitative estimate of drug-likeness (QED) is 0.893. The number of carbonyl (C=O) groups excluding carboxylic acids is 1. The van der Waals surface area contributed by atoms with E-state index in [9.17, 15) is 4.79 Å². The molecule has 2 saturated heterocycles. The van der Waals surface area contributed by atoms with Gasteiger partial charge in [-0.1, -0.05) is 30.3 Å². The van der Waals surface area contributed by atoms with Crippen LogP contribution in [0.15, 0.2) is 30.3 Å². The van der Waals surface area contributed by atoms with Crippen molar-refractivity contribution >= 4 is 5.91 Å². The van der Waals surface area contributed by atoms with Crippen LogP contribution in [0.3, 0.4) is 0 Å². The molecular formula is C21H32N2O2. The van der Waals surface area contributed by atoms with Gasteiger partial charge in [-0.3, -0.25) is 4.79 Å². The van der Waals surface area contributed by atoms with Crippen molar-refractivity contribution in [2.45, 2.75) is 57.6 Å². The maximum absolute atomic E-state index is 12.7. The fraction of sp³-hybridized carbons (Fsp3) is 0.667. The summed E-state index contributed by atoms with van der Waals surface area (Å²) in [5, 5.41) is 3.29. The van der Waals surface area contributed by atoms with E-state index in [0.717, 1.165) is 58.3 Å². The molecule has 25 heavy (non-hydrogen) atoms. The highest BCUT2D eigenvalue weighted by molar-refractivity contribution is 5.79. The first kappa shape index (κ1) is 18.4. The molecule has 0 bridgehead atoms. The molecule has 2 aliphatic rings. The summed E-state index contributed by atoms with van der Waals surface area (Å²) in [6.07, 6.45) is 5.03. The van der Waals surface area contributed by atoms with Crippen molar-refractivity contribution in [3.63, 3.8) is 0 Å². The monoisotopic (exact) mass is 344 g/mol. The Hall–Kier alpha value is -1.39. The van der Waals surface area contributed by atoms with Gasteiger partial charge in [0.1, 0.15) is 0 Å². The van der Waals surface area contributed by atoms with Crippen molar-refractivity contribution in [3.8, 4) is 0 Å². The first-order chi connectivity index (χ1) is 12.0. The third-order valence-electron chi connectivity index (χ3n) is 5.48. The van der Waals surface area contributed by atoms with Gasteiger partial charge in [0.15, 0.2) is 0 Å². The lowest BCUT2D eigenvalue weighted by atomic mass is 9.92. The van der Waals surface area contributed by atoms with E-state index in [-0.39, 0.29) is 23.5 Å². The molecule has 2 aliphatic heterocycles. The van der Waals surface area contributed by atoms with Gasteiger partial charge in [-0.05, 0) is 58.1 Å². The van der Waals surface area contributed by atoms with E-state index in [1.165, 1.54) is 5.56 Å². The molecule has 138 valence electrons. The van der Waals surface area contributed by atoms with Crippen molar-refractivity contribution in [2.75, 3.05) is 26.2 Å². The zero-order valence-electron chi connectivity index (χ0n) is 15.7. The molecule has 4 nitrogen and oxygen atoms in total. The second-order valence-electron chi connectivity index (χ2n) is 8.18. The van der Waals surface area contributed by atoms with E-state index < -0.39 is 0 Å². The average molecular weight is 344 g/mol. The van der Waals surface area contributed by atoms with Gasteiger partial charge in [-0.25, -0.2) is 0 Å². The number of likely N-dealkylation sites (tertiary alicyclic amines) is 1. The van der Waals surface area contributed by atoms with Gasteiger partial charge in [-0.15, -0.1) is 0 Å². The molecule has 2 fully saturated rings. The number of benzene rings is 1. The number of ether oxygens (including phenoxy) is 1. The van der Waals surface area contributed by atoms with Gasteiger partial charge < -0.3 is 15.0 Å². The number of nitrogens with zero attached hydrogens (tertiary/aromatic N) is 1. The number of nitrogens with one attached hydrogen (secondary N) is 1. The summed E-state index contributed by atoms with van der Waals surface area (Å²) < 4.78 is 5.75. The minimum absolute atomic E-state index is 0.121. The molecule has 0 aromatic heterocycles. The molecular weight excluding hydrogens is 312 g/mol. The number of amides is 1. The SMILES string of the molecule is CC1(C)C[C@@H](NC(=O)[C@H]2CCCN(CCc3ccccc3)C2)CCO1. The number of piperidine rings is 1. The van der Waals surface area contributed by atoms with Gasteiger partial charge in [0.25, 0.3) is 0 Å². The van der Waals surface area contributed by atoms with Crippen LogP contribution in [0, 0.1) is 5.92 Å². The molecule has 4 heteroatoms. The average Bonchev–Trinajstić information content (AvgIpc) is 2.60. The van der Waals surface area contributed by atoms with Gasteiger partial charge in [0.05, 0.1) is 11.5 Å². The lowest BCUT2D eigenvalue weighted by Gasteiger charge is -2.37. The van der Waals surface area contributed by atoms with Crippen LogP contribution in [-0.4, -0.2) is 48.7 Å². The smallest absolute Gasteiger partial charge is 0.224 e. The number of rotatable bonds is 5. The normalized spacial score (nSPS) is 27.0. The Balaban J connectivity index is 1.46. The van der Waals surface area contributed by atoms with Crippen LogP contribution in [0.25, 0.3) is 0 Å². The van der Waals surface area contributed by atoms with Crippen LogP contribution in [-0.2, 0) is 16.0 Å². The molecule has 0 radical (unpaired) electrons. The van der Waals surface area contributed by atoms with Gasteiger partial charge in [0.2, 0.25) is 5.91 Å². The Morgan fingerprint density at radius 3 is 2.84 bits per heavy atom. The van der Waals surface area contributed by atoms with E-state index in [0.29, 0.717) is 0 Å². The molecule has 3 rings (SSSR count). The molecule has 1 aromatic rings. The Morgan fingerprint density at radius 1 is 1.28 bits per heavy atom. The number of hydrogen-bond acceptors (Lipinski definition) is 3. The Bertz CT molecular complexity index is 558. The number of hydrogen-bond donors (Lipinski definition) is 1. The zero-order chi connectivity index (χ0) is 17.7. The molecule has 2 heterocycles. The zero-order valence-corrected chi connectivity index (χ0v) is 15.7. The van der Waals surface area contributed by atoms with Crippen molar-refractivity contribution < 1.29 is 9.53 Å². The third-order valence-corrected chi connectivity index (χ3v) is 5.48. The molecule has 0 unspecified atom stereocenters. The second kappa shape index (κ2) is 8.33. The highest BCUT2D eigenvalue weighted by atomic mass is 16.5. The van der Waals surface area contributed by atoms with E-state index in [1.807, 2.05) is 0 Å². The number of carbonyl (C=O) groups is 1. The predicted octanol–water partition coefficient (Wildman–Crippen LogP) is 3.01. The van der Waals surface area contributed by atoms with Crippen LogP contribution >= 0.6 is 0 Å². The van der Waals surface area contributed by atoms with Crippen molar-refractivity contribution in [1.29, 1.82) is 0 Å². The maximum atomic E-state index is 12.7. The van der Waals surface area contributed by atoms with Gasteiger partial charge >= 0.3 is 0 Å². The summed E-state index contributed by atoms with van der Waals surface area (Å²) in [6, 6.07) is 10.9. The highest BCUT2D eigenvalue weighted by Gasteiger charge is 2.32. The largest absolute Gasteiger partial charge is 0.375 e. The summed E-state index contributed by atoms with van der Waals surface area (Å²) in [6.45, 7) is 8.00. The summed E-state index contributed by atoms with van der Waals surface area (Å²) in [5.74, 6) is 0.377. The van der Waals surface area contributed by atoms with E-state index in [1.54, 1.807) is 0 Å². The Morgan fingerprint density at radius 2 is 2.08 bits per heavy atom. The van der Waals surface area contributed by atoms with Crippen LogP contribution < -0.4 is 5.32 Å². The third kappa shape index (κ3) is 5.55. The Kier molecular flexibility index (Phi) is 6.13. The van der Waals surface area contributed by atoms with Crippen LogP contribution in [0.1, 0.15) is 45.1 Å². The first-order valence-electron chi connectivity index (χ1n) is 9.72. The lowest BCUT2D eigenvalue weighted by Crippen LogP contribution is -2.50. The summed E-state index contributed by atoms with van der Waals surface area (Å²) in [7, 11) is 0. The maximum Gasteiger partial charge on any atom is 0.224 e. The molecule has 0 aliphatic carbocycles. The summed E-state index contributed by atoms with van der Waals surface area (Å²) >= 11 is 0. The van der Waals surface area contributed by atoms with E-state index >= 15 is 0 Å². The summed E-state index contributed by atoms with van der Waals surface area (Å²) in [5.41, 5.74) is 1.25. The first-order valence-corrected chi connectivity index (χ1v) is 9.72. The highest BCUT2D eigenvalue weighted by Crippen LogP contribution is 2.25. The Labute approximate surface area is 151 Å². The van der Waals surface area contributed by atoms with Gasteiger partial charge in [-0.2, -0.15) is 0 Å². The summed E-state index contributed by atoms with van der Waals surface area (Å²) in [4.78, 5) is 15.2. The van der Waals surface area contributed by atoms with Crippen molar-refractivity contribution in [3.05, 3.63) is 35.9 Å². The van der Waals surface area contributed by atoms with Crippen LogP contribution in [0.5, 0.6) is 0 Å². The molecule has 1 amide bonds. The molecule has 2 atom stereocenters. The molecule has 0 spiro atoms. The van der Waals surface area contributed by atoms with E-state index in [4.69, 9.17) is 4.74 Å². The topological polar surface area (TPSA) is 41.6 Å². The molecule has 1 aromatic carbocycles. The lowest BCUT2D eigenvalue weighted by molar-refractivity contribution is -0.129. The minimum Gasteiger partial charge on any atom is -0.375 e. The molecule has 0 saturated carbocycles. The molecule has 1 N–H and O–H groups in total. The standard InChI is InChI=1S/C21H32N2O2/c1-21(2)15-19(11-14-25-21)22-20(24)18-9-6-12-23(16-18)13-10-17-7-4-3-5-8-17/h3-5,7-8,18-19H,6,9-16H2,1-2H3,(H,22,24)/t18-,19-/m0/s1. The van der Waals surface area contributed by atoms with Gasteiger partial charge in [0, 0.05) is 25.7 Å². The second-order valence-corrected chi connectivity index (χ2v) is 8.18.